The first-order valence-electron chi connectivity index (χ1n) is 10.5. The van der Waals surface area contributed by atoms with Crippen LogP contribution < -0.4 is 20.3 Å². The van der Waals surface area contributed by atoms with Crippen LogP contribution in [0.2, 0.25) is 0 Å². The molecule has 1 fully saturated rings. The lowest BCUT2D eigenvalue weighted by molar-refractivity contribution is 0.0767. The second kappa shape index (κ2) is 9.68. The van der Waals surface area contributed by atoms with E-state index in [9.17, 15) is 9.59 Å². The standard InChI is InChI=1S/C23H31N5O3/c1-23(2,3)26-22(30)25-18-8-11-20(24-16-18)27-12-5-13-28(15-14-27)21(29)17-6-9-19(31-4)10-7-17/h6-11,16H,5,12-15H2,1-4H3,(H2,25,26,30). The SMILES string of the molecule is COc1ccc(C(=O)N2CCCN(c3ccc(NC(=O)NC(C)(C)C)cn3)CC2)cc1. The van der Waals surface area contributed by atoms with Crippen molar-refractivity contribution < 1.29 is 14.3 Å². The molecule has 1 aromatic heterocycles. The molecule has 2 N–H and O–H groups in total. The molecule has 0 saturated carbocycles. The van der Waals surface area contributed by atoms with Gasteiger partial charge in [-0.05, 0) is 63.6 Å². The summed E-state index contributed by atoms with van der Waals surface area (Å²) in [5, 5.41) is 5.65. The van der Waals surface area contributed by atoms with Gasteiger partial charge in [-0.2, -0.15) is 0 Å². The van der Waals surface area contributed by atoms with Gasteiger partial charge in [0.1, 0.15) is 11.6 Å². The molecule has 2 heterocycles. The Morgan fingerprint density at radius 1 is 1.00 bits per heavy atom. The number of methoxy groups -OCH3 is 1. The van der Waals surface area contributed by atoms with E-state index in [1.165, 1.54) is 0 Å². The summed E-state index contributed by atoms with van der Waals surface area (Å²) < 4.78 is 5.16. The van der Waals surface area contributed by atoms with E-state index in [4.69, 9.17) is 4.74 Å². The van der Waals surface area contributed by atoms with Gasteiger partial charge in [-0.1, -0.05) is 0 Å². The van der Waals surface area contributed by atoms with Gasteiger partial charge >= 0.3 is 6.03 Å². The third-order valence-corrected chi connectivity index (χ3v) is 4.94. The number of pyridine rings is 1. The van der Waals surface area contributed by atoms with Gasteiger partial charge in [0.05, 0.1) is 19.0 Å². The van der Waals surface area contributed by atoms with Crippen molar-refractivity contribution in [1.29, 1.82) is 0 Å². The van der Waals surface area contributed by atoms with Crippen LogP contribution in [-0.2, 0) is 0 Å². The molecule has 0 bridgehead atoms. The molecule has 1 aliphatic heterocycles. The molecule has 1 aromatic carbocycles. The Morgan fingerprint density at radius 2 is 1.74 bits per heavy atom. The summed E-state index contributed by atoms with van der Waals surface area (Å²) in [6.07, 6.45) is 2.51. The van der Waals surface area contributed by atoms with Gasteiger partial charge in [0.25, 0.3) is 5.91 Å². The molecule has 0 spiro atoms. The Morgan fingerprint density at radius 3 is 2.35 bits per heavy atom. The Kier molecular flexibility index (Phi) is 6.99. The zero-order valence-corrected chi connectivity index (χ0v) is 18.6. The minimum absolute atomic E-state index is 0.0295. The maximum Gasteiger partial charge on any atom is 0.319 e. The lowest BCUT2D eigenvalue weighted by Crippen LogP contribution is -2.43. The van der Waals surface area contributed by atoms with Crippen LogP contribution in [0.15, 0.2) is 42.6 Å². The Hall–Kier alpha value is -3.29. The van der Waals surface area contributed by atoms with Crippen molar-refractivity contribution in [2.45, 2.75) is 32.7 Å². The molecule has 3 rings (SSSR count). The molecule has 1 aliphatic rings. The highest BCUT2D eigenvalue weighted by molar-refractivity contribution is 5.94. The summed E-state index contributed by atoms with van der Waals surface area (Å²) in [5.74, 6) is 1.60. The van der Waals surface area contributed by atoms with E-state index >= 15 is 0 Å². The number of ether oxygens (including phenoxy) is 1. The van der Waals surface area contributed by atoms with E-state index in [0.29, 0.717) is 30.9 Å². The first-order valence-corrected chi connectivity index (χ1v) is 10.5. The third kappa shape index (κ3) is 6.34. The quantitative estimate of drug-likeness (QED) is 0.784. The van der Waals surface area contributed by atoms with Crippen LogP contribution in [0, 0.1) is 0 Å². The molecule has 31 heavy (non-hydrogen) atoms. The molecule has 1 saturated heterocycles. The summed E-state index contributed by atoms with van der Waals surface area (Å²) in [4.78, 5) is 33.4. The summed E-state index contributed by atoms with van der Waals surface area (Å²) in [5.41, 5.74) is 0.992. The number of hydrogen-bond donors (Lipinski definition) is 2. The molecule has 8 nitrogen and oxygen atoms in total. The number of aromatic nitrogens is 1. The first kappa shape index (κ1) is 22.4. The van der Waals surface area contributed by atoms with Crippen LogP contribution in [0.1, 0.15) is 37.6 Å². The molecule has 8 heteroatoms. The fourth-order valence-corrected chi connectivity index (χ4v) is 3.42. The van der Waals surface area contributed by atoms with Crippen molar-refractivity contribution in [1.82, 2.24) is 15.2 Å². The molecule has 0 unspecified atom stereocenters. The van der Waals surface area contributed by atoms with Crippen LogP contribution in [0.5, 0.6) is 5.75 Å². The topological polar surface area (TPSA) is 86.8 Å². The number of carbonyl (C=O) groups is 2. The van der Waals surface area contributed by atoms with Gasteiger partial charge in [0, 0.05) is 37.3 Å². The minimum Gasteiger partial charge on any atom is -0.497 e. The minimum atomic E-state index is -0.307. The zero-order valence-electron chi connectivity index (χ0n) is 18.6. The summed E-state index contributed by atoms with van der Waals surface area (Å²) in [7, 11) is 1.61. The Labute approximate surface area is 183 Å². The van der Waals surface area contributed by atoms with Gasteiger partial charge in [0.15, 0.2) is 0 Å². The van der Waals surface area contributed by atoms with Gasteiger partial charge in [-0.3, -0.25) is 4.79 Å². The van der Waals surface area contributed by atoms with E-state index in [2.05, 4.69) is 20.5 Å². The largest absolute Gasteiger partial charge is 0.497 e. The Bertz CT molecular complexity index is 891. The van der Waals surface area contributed by atoms with Crippen LogP contribution in [-0.4, -0.2) is 60.6 Å². The highest BCUT2D eigenvalue weighted by Gasteiger charge is 2.21. The highest BCUT2D eigenvalue weighted by atomic mass is 16.5. The van der Waals surface area contributed by atoms with Crippen LogP contribution >= 0.6 is 0 Å². The van der Waals surface area contributed by atoms with Crippen molar-refractivity contribution in [3.05, 3.63) is 48.2 Å². The average Bonchev–Trinajstić information content (AvgIpc) is 2.99. The lowest BCUT2D eigenvalue weighted by Gasteiger charge is -2.23. The first-order chi connectivity index (χ1) is 14.7. The van der Waals surface area contributed by atoms with Crippen molar-refractivity contribution in [2.24, 2.45) is 0 Å². The van der Waals surface area contributed by atoms with Crippen molar-refractivity contribution in [2.75, 3.05) is 43.5 Å². The normalized spacial score (nSPS) is 14.6. The van der Waals surface area contributed by atoms with E-state index in [1.807, 2.05) is 37.8 Å². The fraction of sp³-hybridized carbons (Fsp3) is 0.435. The summed E-state index contributed by atoms with van der Waals surface area (Å²) in [6.45, 7) is 8.62. The maximum absolute atomic E-state index is 12.8. The molecule has 2 aromatic rings. The van der Waals surface area contributed by atoms with Gasteiger partial charge in [-0.25, -0.2) is 9.78 Å². The van der Waals surface area contributed by atoms with Crippen LogP contribution in [0.25, 0.3) is 0 Å². The smallest absolute Gasteiger partial charge is 0.319 e. The summed E-state index contributed by atoms with van der Waals surface area (Å²) >= 11 is 0. The van der Waals surface area contributed by atoms with E-state index < -0.39 is 0 Å². The van der Waals surface area contributed by atoms with Gasteiger partial charge in [-0.15, -0.1) is 0 Å². The molecular weight excluding hydrogens is 394 g/mol. The molecule has 0 aliphatic carbocycles. The number of nitrogens with zero attached hydrogens (tertiary/aromatic N) is 3. The van der Waals surface area contributed by atoms with Gasteiger partial charge in [0.2, 0.25) is 0 Å². The number of rotatable bonds is 4. The second-order valence-electron chi connectivity index (χ2n) is 8.60. The number of hydrogen-bond acceptors (Lipinski definition) is 5. The number of amides is 3. The number of nitrogens with one attached hydrogen (secondary N) is 2. The van der Waals surface area contributed by atoms with Crippen LogP contribution in [0.3, 0.4) is 0 Å². The fourth-order valence-electron chi connectivity index (χ4n) is 3.42. The number of urea groups is 1. The molecule has 166 valence electrons. The molecule has 0 radical (unpaired) electrons. The van der Waals surface area contributed by atoms with E-state index in [-0.39, 0.29) is 17.5 Å². The number of carbonyl (C=O) groups excluding carboxylic acids is 2. The highest BCUT2D eigenvalue weighted by Crippen LogP contribution is 2.18. The van der Waals surface area contributed by atoms with Crippen molar-refractivity contribution >= 4 is 23.4 Å². The summed E-state index contributed by atoms with van der Waals surface area (Å²) in [6, 6.07) is 10.7. The number of benzene rings is 1. The van der Waals surface area contributed by atoms with E-state index in [1.54, 1.807) is 37.6 Å². The zero-order chi connectivity index (χ0) is 22.4. The van der Waals surface area contributed by atoms with E-state index in [0.717, 1.165) is 24.5 Å². The number of anilines is 2. The van der Waals surface area contributed by atoms with Crippen LogP contribution in [0.4, 0.5) is 16.3 Å². The van der Waals surface area contributed by atoms with Crippen molar-refractivity contribution in [3.63, 3.8) is 0 Å². The molecular formula is C23H31N5O3. The molecule has 3 amide bonds. The monoisotopic (exact) mass is 425 g/mol. The predicted molar refractivity (Wildman–Crippen MR) is 122 cm³/mol. The van der Waals surface area contributed by atoms with Gasteiger partial charge < -0.3 is 25.2 Å². The average molecular weight is 426 g/mol. The Balaban J connectivity index is 1.57. The van der Waals surface area contributed by atoms with Crippen molar-refractivity contribution in [3.8, 4) is 5.75 Å². The lowest BCUT2D eigenvalue weighted by atomic mass is 10.1. The second-order valence-corrected chi connectivity index (χ2v) is 8.60. The maximum atomic E-state index is 12.8. The molecule has 0 atom stereocenters. The third-order valence-electron chi connectivity index (χ3n) is 4.94. The predicted octanol–water partition coefficient (Wildman–Crippen LogP) is 3.36.